The fourth-order valence-corrected chi connectivity index (χ4v) is 5.58. The topological polar surface area (TPSA) is 37.0 Å². The average molecular weight is 470 g/mol. The molecule has 2 atom stereocenters. The summed E-state index contributed by atoms with van der Waals surface area (Å²) < 4.78 is 11.6. The van der Waals surface area contributed by atoms with Crippen molar-refractivity contribution in [2.75, 3.05) is 45.9 Å². The second kappa shape index (κ2) is 11.1. The maximum Gasteiger partial charge on any atom is 0.161 e. The lowest BCUT2D eigenvalue weighted by Crippen LogP contribution is -2.47. The number of rotatable bonds is 9. The molecule has 5 nitrogen and oxygen atoms in total. The third-order valence-corrected chi connectivity index (χ3v) is 7.47. The summed E-state index contributed by atoms with van der Waals surface area (Å²) in [5, 5.41) is 4.64. The summed E-state index contributed by atoms with van der Waals surface area (Å²) in [7, 11) is 0. The Morgan fingerprint density at radius 3 is 2.48 bits per heavy atom. The molecule has 2 aromatic carbocycles. The number of benzene rings is 2. The van der Waals surface area contributed by atoms with E-state index >= 15 is 0 Å². The first-order chi connectivity index (χ1) is 16.2. The van der Waals surface area contributed by atoms with Gasteiger partial charge in [0, 0.05) is 36.7 Å². The molecular weight excluding hydrogens is 434 g/mol. The summed E-state index contributed by atoms with van der Waals surface area (Å²) in [5.41, 5.74) is 2.56. The molecule has 0 amide bonds. The fraction of sp³-hybridized carbons (Fsp3) is 0.556. The van der Waals surface area contributed by atoms with Crippen LogP contribution < -0.4 is 14.8 Å². The van der Waals surface area contributed by atoms with Crippen LogP contribution in [0.25, 0.3) is 0 Å². The molecule has 0 aliphatic carbocycles. The van der Waals surface area contributed by atoms with Crippen molar-refractivity contribution in [1.82, 2.24) is 15.1 Å². The van der Waals surface area contributed by atoms with Crippen LogP contribution in [0.3, 0.4) is 0 Å². The first-order valence-corrected chi connectivity index (χ1v) is 12.9. The van der Waals surface area contributed by atoms with Crippen LogP contribution in [0.5, 0.6) is 11.5 Å². The monoisotopic (exact) mass is 469 g/mol. The largest absolute Gasteiger partial charge is 0.486 e. The van der Waals surface area contributed by atoms with Gasteiger partial charge in [0.05, 0.1) is 0 Å². The molecule has 0 aromatic heterocycles. The van der Waals surface area contributed by atoms with E-state index in [4.69, 9.17) is 21.1 Å². The van der Waals surface area contributed by atoms with E-state index in [1.54, 1.807) is 0 Å². The van der Waals surface area contributed by atoms with E-state index in [1.807, 2.05) is 12.1 Å². The molecular formula is C27H36ClN3O2. The zero-order chi connectivity index (χ0) is 22.5. The van der Waals surface area contributed by atoms with Gasteiger partial charge in [-0.05, 0) is 87.1 Å². The number of nitrogens with zero attached hydrogens (tertiary/aromatic N) is 2. The molecule has 6 heteroatoms. The van der Waals surface area contributed by atoms with Crippen LogP contribution >= 0.6 is 11.6 Å². The van der Waals surface area contributed by atoms with Gasteiger partial charge in [-0.1, -0.05) is 29.8 Å². The van der Waals surface area contributed by atoms with E-state index < -0.39 is 0 Å². The summed E-state index contributed by atoms with van der Waals surface area (Å²) in [4.78, 5) is 5.40. The Morgan fingerprint density at radius 2 is 1.67 bits per heavy atom. The molecule has 2 aromatic rings. The molecule has 5 rings (SSSR count). The minimum absolute atomic E-state index is 0.363. The number of hydrogen-bond acceptors (Lipinski definition) is 5. The molecule has 0 bridgehead atoms. The molecule has 1 N–H and O–H groups in total. The maximum atomic E-state index is 6.09. The molecule has 33 heavy (non-hydrogen) atoms. The van der Waals surface area contributed by atoms with Crippen LogP contribution in [-0.2, 0) is 13.0 Å². The van der Waals surface area contributed by atoms with E-state index in [-0.39, 0.29) is 0 Å². The first-order valence-electron chi connectivity index (χ1n) is 12.6. The van der Waals surface area contributed by atoms with Gasteiger partial charge >= 0.3 is 0 Å². The van der Waals surface area contributed by atoms with Crippen LogP contribution in [0.2, 0.25) is 5.02 Å². The molecule has 178 valence electrons. The SMILES string of the molecule is Clc1ccc(CNC(Cc2ccc3c(c2)OCCO3)CN2CCCC2CN2CCCC2)cc1. The molecule has 0 saturated carbocycles. The van der Waals surface area contributed by atoms with Gasteiger partial charge in [-0.2, -0.15) is 0 Å². The zero-order valence-electron chi connectivity index (χ0n) is 19.5. The Balaban J connectivity index is 1.26. The summed E-state index contributed by atoms with van der Waals surface area (Å²) in [6.45, 7) is 8.16. The highest BCUT2D eigenvalue weighted by Gasteiger charge is 2.29. The molecule has 0 spiro atoms. The van der Waals surface area contributed by atoms with Crippen LogP contribution in [0.4, 0.5) is 0 Å². The Bertz CT molecular complexity index is 901. The van der Waals surface area contributed by atoms with Crippen molar-refractivity contribution in [3.63, 3.8) is 0 Å². The van der Waals surface area contributed by atoms with Crippen LogP contribution in [0.15, 0.2) is 42.5 Å². The van der Waals surface area contributed by atoms with Gasteiger partial charge in [0.2, 0.25) is 0 Å². The number of fused-ring (bicyclic) bond motifs is 1. The first kappa shape index (κ1) is 23.0. The molecule has 2 saturated heterocycles. The van der Waals surface area contributed by atoms with E-state index in [9.17, 15) is 0 Å². The lowest BCUT2D eigenvalue weighted by Gasteiger charge is -2.32. The molecule has 2 fully saturated rings. The lowest BCUT2D eigenvalue weighted by atomic mass is 10.0. The predicted molar refractivity (Wildman–Crippen MR) is 133 cm³/mol. The van der Waals surface area contributed by atoms with Crippen LogP contribution in [0.1, 0.15) is 36.8 Å². The van der Waals surface area contributed by atoms with Gasteiger partial charge in [0.25, 0.3) is 0 Å². The number of hydrogen-bond donors (Lipinski definition) is 1. The third-order valence-electron chi connectivity index (χ3n) is 7.22. The smallest absolute Gasteiger partial charge is 0.161 e. The van der Waals surface area contributed by atoms with Crippen molar-refractivity contribution in [3.8, 4) is 11.5 Å². The predicted octanol–water partition coefficient (Wildman–Crippen LogP) is 4.37. The average Bonchev–Trinajstić information content (AvgIpc) is 3.51. The highest BCUT2D eigenvalue weighted by atomic mass is 35.5. The van der Waals surface area contributed by atoms with E-state index in [2.05, 4.69) is 45.4 Å². The summed E-state index contributed by atoms with van der Waals surface area (Å²) in [6, 6.07) is 15.6. The van der Waals surface area contributed by atoms with Gasteiger partial charge in [0.1, 0.15) is 13.2 Å². The van der Waals surface area contributed by atoms with Gasteiger partial charge < -0.3 is 19.7 Å². The van der Waals surface area contributed by atoms with Gasteiger partial charge in [-0.25, -0.2) is 0 Å². The number of ether oxygens (including phenoxy) is 2. The summed E-state index contributed by atoms with van der Waals surface area (Å²) in [6.07, 6.45) is 6.33. The van der Waals surface area contributed by atoms with Crippen molar-refractivity contribution in [3.05, 3.63) is 58.6 Å². The minimum atomic E-state index is 0.363. The fourth-order valence-electron chi connectivity index (χ4n) is 5.45. The highest BCUT2D eigenvalue weighted by Crippen LogP contribution is 2.31. The zero-order valence-corrected chi connectivity index (χ0v) is 20.2. The number of likely N-dealkylation sites (tertiary alicyclic amines) is 2. The second-order valence-corrected chi connectivity index (χ2v) is 10.1. The Kier molecular flexibility index (Phi) is 7.72. The van der Waals surface area contributed by atoms with Crippen molar-refractivity contribution >= 4 is 11.6 Å². The summed E-state index contributed by atoms with van der Waals surface area (Å²) >= 11 is 6.09. The van der Waals surface area contributed by atoms with E-state index in [1.165, 1.54) is 63.0 Å². The molecule has 2 unspecified atom stereocenters. The molecule has 3 aliphatic heterocycles. The number of nitrogens with one attached hydrogen (secondary N) is 1. The van der Waals surface area contributed by atoms with Gasteiger partial charge in [-0.3, -0.25) is 4.90 Å². The van der Waals surface area contributed by atoms with Gasteiger partial charge in [0.15, 0.2) is 11.5 Å². The second-order valence-electron chi connectivity index (χ2n) is 9.69. The van der Waals surface area contributed by atoms with Crippen molar-refractivity contribution in [2.24, 2.45) is 0 Å². The maximum absolute atomic E-state index is 6.09. The normalized spacial score (nSPS) is 22.0. The number of halogens is 1. The highest BCUT2D eigenvalue weighted by molar-refractivity contribution is 6.30. The lowest BCUT2D eigenvalue weighted by molar-refractivity contribution is 0.170. The Labute approximate surface area is 203 Å². The van der Waals surface area contributed by atoms with Gasteiger partial charge in [-0.15, -0.1) is 0 Å². The van der Waals surface area contributed by atoms with Crippen LogP contribution in [-0.4, -0.2) is 67.8 Å². The Morgan fingerprint density at radius 1 is 0.909 bits per heavy atom. The van der Waals surface area contributed by atoms with Crippen molar-refractivity contribution < 1.29 is 9.47 Å². The quantitative estimate of drug-likeness (QED) is 0.590. The van der Waals surface area contributed by atoms with Crippen LogP contribution in [0, 0.1) is 0 Å². The summed E-state index contributed by atoms with van der Waals surface area (Å²) in [5.74, 6) is 1.74. The third kappa shape index (κ3) is 6.21. The van der Waals surface area contributed by atoms with E-state index in [0.29, 0.717) is 25.3 Å². The molecule has 0 radical (unpaired) electrons. The standard InChI is InChI=1S/C27H36ClN3O2/c28-23-8-5-21(6-9-23)18-29-24(16-22-7-10-26-27(17-22)33-15-14-32-26)19-31-13-3-4-25(31)20-30-11-1-2-12-30/h5-10,17,24-25,29H,1-4,11-16,18-20H2. The Hall–Kier alpha value is -1.79. The van der Waals surface area contributed by atoms with Crippen molar-refractivity contribution in [2.45, 2.75) is 50.7 Å². The molecule has 3 aliphatic rings. The minimum Gasteiger partial charge on any atom is -0.486 e. The molecule has 3 heterocycles. The van der Waals surface area contributed by atoms with Crippen molar-refractivity contribution in [1.29, 1.82) is 0 Å². The van der Waals surface area contributed by atoms with E-state index in [0.717, 1.165) is 36.0 Å².